The van der Waals surface area contributed by atoms with Gasteiger partial charge in [0.1, 0.15) is 0 Å². The molecule has 0 saturated carbocycles. The maximum Gasteiger partial charge on any atom is 0.417 e. The summed E-state index contributed by atoms with van der Waals surface area (Å²) in [5.41, 5.74) is 0.344. The number of allylic oxidation sites excluding steroid dienone is 3. The normalized spacial score (nSPS) is 14.2. The Bertz CT molecular complexity index is 653. The van der Waals surface area contributed by atoms with Crippen LogP contribution in [0, 0.1) is 5.41 Å². The molecule has 1 heterocycles. The molecule has 5 heteroatoms. The zero-order valence-corrected chi connectivity index (χ0v) is 15.6. The van der Waals surface area contributed by atoms with Crippen LogP contribution >= 0.6 is 0 Å². The predicted molar refractivity (Wildman–Crippen MR) is 97.7 cm³/mol. The van der Waals surface area contributed by atoms with Gasteiger partial charge in [-0.25, -0.2) is 0 Å². The number of pyridine rings is 1. The van der Waals surface area contributed by atoms with Gasteiger partial charge in [0.15, 0.2) is 0 Å². The minimum Gasteiger partial charge on any atom is -0.272 e. The van der Waals surface area contributed by atoms with Gasteiger partial charge in [0.05, 0.1) is 5.56 Å². The molecule has 0 amide bonds. The molecule has 25 heavy (non-hydrogen) atoms. The Hall–Kier alpha value is -1.91. The molecule has 0 saturated heterocycles. The van der Waals surface area contributed by atoms with Crippen LogP contribution in [0.25, 0.3) is 0 Å². The molecule has 1 aromatic rings. The number of rotatable bonds is 7. The van der Waals surface area contributed by atoms with Crippen molar-refractivity contribution in [2.75, 3.05) is 0 Å². The van der Waals surface area contributed by atoms with Gasteiger partial charge < -0.3 is 0 Å². The van der Waals surface area contributed by atoms with Crippen LogP contribution in [0.15, 0.2) is 47.4 Å². The lowest BCUT2D eigenvalue weighted by atomic mass is 9.72. The summed E-state index contributed by atoms with van der Waals surface area (Å²) in [5, 5.41) is 0. The van der Waals surface area contributed by atoms with Crippen molar-refractivity contribution in [2.24, 2.45) is 10.4 Å². The molecule has 0 aliphatic heterocycles. The van der Waals surface area contributed by atoms with Crippen LogP contribution in [0.2, 0.25) is 0 Å². The summed E-state index contributed by atoms with van der Waals surface area (Å²) in [7, 11) is 0. The summed E-state index contributed by atoms with van der Waals surface area (Å²) in [6.45, 7) is 13.5. The van der Waals surface area contributed by atoms with Crippen LogP contribution in [-0.4, -0.2) is 11.7 Å². The van der Waals surface area contributed by atoms with E-state index in [2.05, 4.69) is 30.5 Å². The summed E-state index contributed by atoms with van der Waals surface area (Å²) >= 11 is 0. The fraction of sp³-hybridized carbons (Fsp3) is 0.500. The highest BCUT2D eigenvalue weighted by atomic mass is 19.4. The van der Waals surface area contributed by atoms with E-state index in [1.165, 1.54) is 12.3 Å². The maximum atomic E-state index is 12.9. The molecule has 2 nitrogen and oxygen atoms in total. The third-order valence-corrected chi connectivity index (χ3v) is 4.58. The summed E-state index contributed by atoms with van der Waals surface area (Å²) in [6, 6.07) is 1.20. The fourth-order valence-electron chi connectivity index (χ4n) is 2.60. The molecule has 0 aliphatic carbocycles. The largest absolute Gasteiger partial charge is 0.417 e. The lowest BCUT2D eigenvalue weighted by Gasteiger charge is -2.32. The Morgan fingerprint density at radius 3 is 2.24 bits per heavy atom. The molecule has 0 aliphatic rings. The van der Waals surface area contributed by atoms with Crippen molar-refractivity contribution in [1.29, 1.82) is 0 Å². The first kappa shape index (κ1) is 21.1. The number of nitrogens with zero attached hydrogens (tertiary/aromatic N) is 2. The molecule has 0 fully saturated rings. The molecule has 0 N–H and O–H groups in total. The summed E-state index contributed by atoms with van der Waals surface area (Å²) < 4.78 is 38.8. The Kier molecular flexibility index (Phi) is 6.75. The van der Waals surface area contributed by atoms with Gasteiger partial charge in [-0.05, 0) is 54.5 Å². The third kappa shape index (κ3) is 5.83. The second kappa shape index (κ2) is 7.98. The maximum absolute atomic E-state index is 12.9. The van der Waals surface area contributed by atoms with Crippen LogP contribution in [0.1, 0.15) is 58.6 Å². The molecule has 0 atom stereocenters. The van der Waals surface area contributed by atoms with E-state index >= 15 is 0 Å². The SMILES string of the molecule is C=N/C=C(\C=C/C)C(C)(C)CCC(C)(C)c1cncc(C(F)(F)F)c1. The van der Waals surface area contributed by atoms with Gasteiger partial charge in [0, 0.05) is 18.6 Å². The highest BCUT2D eigenvalue weighted by Crippen LogP contribution is 2.39. The van der Waals surface area contributed by atoms with Gasteiger partial charge >= 0.3 is 6.18 Å². The van der Waals surface area contributed by atoms with Crippen molar-refractivity contribution in [3.63, 3.8) is 0 Å². The average molecular weight is 352 g/mol. The number of aliphatic imine (C=N–C) groups is 1. The minimum atomic E-state index is -4.38. The zero-order chi connectivity index (χ0) is 19.3. The van der Waals surface area contributed by atoms with E-state index < -0.39 is 17.2 Å². The van der Waals surface area contributed by atoms with Gasteiger partial charge in [-0.1, -0.05) is 39.8 Å². The smallest absolute Gasteiger partial charge is 0.272 e. The van der Waals surface area contributed by atoms with Crippen LogP contribution in [0.3, 0.4) is 0 Å². The number of hydrogen-bond donors (Lipinski definition) is 0. The number of hydrogen-bond acceptors (Lipinski definition) is 2. The highest BCUT2D eigenvalue weighted by Gasteiger charge is 2.33. The second-order valence-electron chi connectivity index (χ2n) is 7.49. The Morgan fingerprint density at radius 2 is 1.72 bits per heavy atom. The Balaban J connectivity index is 3.02. The lowest BCUT2D eigenvalue weighted by Crippen LogP contribution is -2.23. The van der Waals surface area contributed by atoms with E-state index in [0.29, 0.717) is 5.56 Å². The predicted octanol–water partition coefficient (Wildman–Crippen LogP) is 6.35. The quantitative estimate of drug-likeness (QED) is 0.415. The molecule has 0 unspecified atom stereocenters. The monoisotopic (exact) mass is 352 g/mol. The van der Waals surface area contributed by atoms with Crippen LogP contribution in [0.4, 0.5) is 13.2 Å². The van der Waals surface area contributed by atoms with Crippen molar-refractivity contribution >= 4 is 6.72 Å². The second-order valence-corrected chi connectivity index (χ2v) is 7.49. The van der Waals surface area contributed by atoms with Gasteiger partial charge in [-0.2, -0.15) is 13.2 Å². The van der Waals surface area contributed by atoms with E-state index in [-0.39, 0.29) is 5.41 Å². The molecule has 0 aromatic carbocycles. The number of alkyl halides is 3. The van der Waals surface area contributed by atoms with Crippen molar-refractivity contribution in [3.05, 3.63) is 53.5 Å². The lowest BCUT2D eigenvalue weighted by molar-refractivity contribution is -0.137. The van der Waals surface area contributed by atoms with Gasteiger partial charge in [-0.3, -0.25) is 9.98 Å². The van der Waals surface area contributed by atoms with Crippen molar-refractivity contribution < 1.29 is 13.2 Å². The third-order valence-electron chi connectivity index (χ3n) is 4.58. The average Bonchev–Trinajstić information content (AvgIpc) is 2.52. The van der Waals surface area contributed by atoms with Crippen LogP contribution in [0.5, 0.6) is 0 Å². The number of halogens is 3. The molecule has 1 aromatic heterocycles. The summed E-state index contributed by atoms with van der Waals surface area (Å²) in [4.78, 5) is 7.65. The molecular weight excluding hydrogens is 325 g/mol. The van der Waals surface area contributed by atoms with Gasteiger partial charge in [0.2, 0.25) is 0 Å². The van der Waals surface area contributed by atoms with E-state index in [1.54, 1.807) is 6.20 Å². The molecule has 138 valence electrons. The summed E-state index contributed by atoms with van der Waals surface area (Å²) in [6.07, 6.45) is 5.20. The number of aromatic nitrogens is 1. The van der Waals surface area contributed by atoms with Crippen molar-refractivity contribution in [3.8, 4) is 0 Å². The molecule has 0 radical (unpaired) electrons. The topological polar surface area (TPSA) is 25.2 Å². The zero-order valence-electron chi connectivity index (χ0n) is 15.6. The highest BCUT2D eigenvalue weighted by molar-refractivity contribution is 5.32. The van der Waals surface area contributed by atoms with Crippen LogP contribution in [-0.2, 0) is 11.6 Å². The Labute approximate surface area is 148 Å². The van der Waals surface area contributed by atoms with Crippen LogP contribution < -0.4 is 0 Å². The van der Waals surface area contributed by atoms with E-state index in [9.17, 15) is 13.2 Å². The first-order valence-corrected chi connectivity index (χ1v) is 8.26. The first-order chi connectivity index (χ1) is 11.4. The minimum absolute atomic E-state index is 0.167. The molecular formula is C20H27F3N2. The standard InChI is InChI=1S/C20H27F3N2/c1-7-8-15(12-24-6)18(2,3)9-10-19(4,5)16-11-17(14-25-13-16)20(21,22)23/h7-8,11-14H,6,9-10H2,1-5H3/b8-7-,15-12+. The van der Waals surface area contributed by atoms with E-state index in [0.717, 1.165) is 24.6 Å². The molecule has 0 spiro atoms. The Morgan fingerprint density at radius 1 is 1.12 bits per heavy atom. The molecule has 1 rings (SSSR count). The fourth-order valence-corrected chi connectivity index (χ4v) is 2.60. The summed E-state index contributed by atoms with van der Waals surface area (Å²) in [5.74, 6) is 0. The van der Waals surface area contributed by atoms with E-state index in [1.807, 2.05) is 32.9 Å². The molecule has 0 bridgehead atoms. The van der Waals surface area contributed by atoms with E-state index in [4.69, 9.17) is 0 Å². The first-order valence-electron chi connectivity index (χ1n) is 8.26. The van der Waals surface area contributed by atoms with Gasteiger partial charge in [0.25, 0.3) is 0 Å². The van der Waals surface area contributed by atoms with Crippen molar-refractivity contribution in [2.45, 2.75) is 59.1 Å². The van der Waals surface area contributed by atoms with Gasteiger partial charge in [-0.15, -0.1) is 0 Å². The van der Waals surface area contributed by atoms with Crippen molar-refractivity contribution in [1.82, 2.24) is 4.98 Å².